The first-order valence-electron chi connectivity index (χ1n) is 6.22. The summed E-state index contributed by atoms with van der Waals surface area (Å²) in [5.74, 6) is 0.575. The van der Waals surface area contributed by atoms with Gasteiger partial charge in [-0.15, -0.1) is 0 Å². The lowest BCUT2D eigenvalue weighted by molar-refractivity contribution is -0.384. The van der Waals surface area contributed by atoms with Crippen molar-refractivity contribution in [2.75, 3.05) is 5.32 Å². The number of nitro benzene ring substituents is 1. The number of anilines is 2. The molecule has 0 aliphatic carbocycles. The van der Waals surface area contributed by atoms with Crippen LogP contribution in [0.15, 0.2) is 30.6 Å². The van der Waals surface area contributed by atoms with Gasteiger partial charge in [0, 0.05) is 24.9 Å². The second kappa shape index (κ2) is 4.82. The third-order valence-electron chi connectivity index (χ3n) is 3.12. The molecule has 0 fully saturated rings. The number of nitro groups is 1. The van der Waals surface area contributed by atoms with Gasteiger partial charge in [-0.1, -0.05) is 6.07 Å². The van der Waals surface area contributed by atoms with Crippen LogP contribution in [0.1, 0.15) is 5.69 Å². The Morgan fingerprint density at radius 3 is 2.90 bits per heavy atom. The van der Waals surface area contributed by atoms with Gasteiger partial charge in [0.2, 0.25) is 0 Å². The number of nitrogens with zero attached hydrogens (tertiary/aromatic N) is 5. The fraction of sp³-hybridized carbons (Fsp3) is 0.154. The van der Waals surface area contributed by atoms with Crippen LogP contribution in [0.4, 0.5) is 17.2 Å². The van der Waals surface area contributed by atoms with Crippen LogP contribution in [0.3, 0.4) is 0 Å². The minimum atomic E-state index is -0.434. The van der Waals surface area contributed by atoms with Crippen molar-refractivity contribution < 1.29 is 4.92 Å². The zero-order valence-electron chi connectivity index (χ0n) is 11.4. The van der Waals surface area contributed by atoms with Gasteiger partial charge in [-0.3, -0.25) is 14.8 Å². The summed E-state index contributed by atoms with van der Waals surface area (Å²) >= 11 is 0. The molecule has 2 aromatic heterocycles. The minimum absolute atomic E-state index is 0.0215. The average Bonchev–Trinajstić information content (AvgIpc) is 2.75. The van der Waals surface area contributed by atoms with Crippen molar-refractivity contribution in [3.63, 3.8) is 0 Å². The van der Waals surface area contributed by atoms with Crippen LogP contribution in [0.2, 0.25) is 0 Å². The fourth-order valence-corrected chi connectivity index (χ4v) is 2.21. The topological polar surface area (TPSA) is 98.8 Å². The Kier molecular flexibility index (Phi) is 2.98. The molecule has 0 saturated heterocycles. The smallest absolute Gasteiger partial charge is 0.271 e. The van der Waals surface area contributed by atoms with Crippen LogP contribution in [0, 0.1) is 17.0 Å². The number of non-ortho nitro benzene ring substituents is 1. The molecule has 3 rings (SSSR count). The predicted octanol–water partition coefficient (Wildman–Crippen LogP) is 2.32. The minimum Gasteiger partial charge on any atom is -0.339 e. The van der Waals surface area contributed by atoms with Crippen LogP contribution in [0.5, 0.6) is 0 Å². The Balaban J connectivity index is 2.06. The van der Waals surface area contributed by atoms with Gasteiger partial charge in [0.05, 0.1) is 16.0 Å². The highest BCUT2D eigenvalue weighted by Crippen LogP contribution is 2.26. The average molecular weight is 284 g/mol. The lowest BCUT2D eigenvalue weighted by Crippen LogP contribution is -1.98. The highest BCUT2D eigenvalue weighted by molar-refractivity contribution is 5.90. The van der Waals surface area contributed by atoms with E-state index in [0.29, 0.717) is 17.2 Å². The molecule has 0 aliphatic heterocycles. The maximum atomic E-state index is 10.8. The molecule has 0 aliphatic rings. The normalized spacial score (nSPS) is 10.8. The van der Waals surface area contributed by atoms with E-state index in [-0.39, 0.29) is 5.69 Å². The van der Waals surface area contributed by atoms with Gasteiger partial charge in [-0.25, -0.2) is 9.97 Å². The van der Waals surface area contributed by atoms with Gasteiger partial charge >= 0.3 is 0 Å². The Morgan fingerprint density at radius 2 is 2.14 bits per heavy atom. The molecule has 21 heavy (non-hydrogen) atoms. The van der Waals surface area contributed by atoms with Gasteiger partial charge in [-0.2, -0.15) is 5.10 Å². The first-order valence-corrected chi connectivity index (χ1v) is 6.22. The highest BCUT2D eigenvalue weighted by atomic mass is 16.6. The molecule has 0 bridgehead atoms. The summed E-state index contributed by atoms with van der Waals surface area (Å²) in [6.45, 7) is 1.87. The maximum absolute atomic E-state index is 10.8. The summed E-state index contributed by atoms with van der Waals surface area (Å²) in [5.41, 5.74) is 2.11. The van der Waals surface area contributed by atoms with E-state index in [2.05, 4.69) is 20.4 Å². The molecule has 0 radical (unpaired) electrons. The summed E-state index contributed by atoms with van der Waals surface area (Å²) in [5, 5.41) is 19.0. The molecule has 0 atom stereocenters. The molecule has 0 saturated carbocycles. The lowest BCUT2D eigenvalue weighted by atomic mass is 10.2. The Hall–Kier alpha value is -3.03. The SMILES string of the molecule is Cc1nn(C)c2ncnc(Nc3cccc([N+](=O)[O-])c3)c12. The number of benzene rings is 1. The van der Waals surface area contributed by atoms with Crippen LogP contribution in [-0.2, 0) is 7.05 Å². The van der Waals surface area contributed by atoms with E-state index in [1.807, 2.05) is 6.92 Å². The van der Waals surface area contributed by atoms with E-state index in [4.69, 9.17) is 0 Å². The maximum Gasteiger partial charge on any atom is 0.271 e. The lowest BCUT2D eigenvalue weighted by Gasteiger charge is -2.06. The third-order valence-corrected chi connectivity index (χ3v) is 3.12. The second-order valence-electron chi connectivity index (χ2n) is 4.56. The molecule has 1 N–H and O–H groups in total. The molecule has 0 amide bonds. The van der Waals surface area contributed by atoms with Crippen LogP contribution < -0.4 is 5.32 Å². The van der Waals surface area contributed by atoms with Crippen LogP contribution in [-0.4, -0.2) is 24.7 Å². The van der Waals surface area contributed by atoms with Gasteiger partial charge in [0.1, 0.15) is 12.1 Å². The van der Waals surface area contributed by atoms with Crippen LogP contribution in [0.25, 0.3) is 11.0 Å². The zero-order chi connectivity index (χ0) is 15.0. The number of aromatic nitrogens is 4. The van der Waals surface area contributed by atoms with E-state index in [0.717, 1.165) is 11.1 Å². The fourth-order valence-electron chi connectivity index (χ4n) is 2.21. The highest BCUT2D eigenvalue weighted by Gasteiger charge is 2.13. The number of hydrogen-bond acceptors (Lipinski definition) is 6. The first kappa shape index (κ1) is 13.0. The summed E-state index contributed by atoms with van der Waals surface area (Å²) in [6, 6.07) is 6.26. The van der Waals surface area contributed by atoms with Gasteiger partial charge in [0.15, 0.2) is 5.65 Å². The molecule has 1 aromatic carbocycles. The number of aryl methyl sites for hydroxylation is 2. The summed E-state index contributed by atoms with van der Waals surface area (Å²) in [6.07, 6.45) is 1.43. The molecule has 106 valence electrons. The van der Waals surface area contributed by atoms with Crippen molar-refractivity contribution in [2.45, 2.75) is 6.92 Å². The molecular formula is C13H12N6O2. The van der Waals surface area contributed by atoms with Gasteiger partial charge < -0.3 is 5.32 Å². The largest absolute Gasteiger partial charge is 0.339 e. The summed E-state index contributed by atoms with van der Waals surface area (Å²) in [4.78, 5) is 18.8. The number of rotatable bonds is 3. The van der Waals surface area contributed by atoms with Crippen molar-refractivity contribution in [2.24, 2.45) is 7.05 Å². The van der Waals surface area contributed by atoms with Crippen LogP contribution >= 0.6 is 0 Å². The van der Waals surface area contributed by atoms with Crippen molar-refractivity contribution in [3.8, 4) is 0 Å². The van der Waals surface area contributed by atoms with Crippen molar-refractivity contribution in [1.82, 2.24) is 19.7 Å². The molecule has 2 heterocycles. The van der Waals surface area contributed by atoms with Crippen molar-refractivity contribution in [3.05, 3.63) is 46.4 Å². The van der Waals surface area contributed by atoms with E-state index in [1.165, 1.54) is 18.5 Å². The molecule has 0 spiro atoms. The second-order valence-corrected chi connectivity index (χ2v) is 4.56. The van der Waals surface area contributed by atoms with Gasteiger partial charge in [0.25, 0.3) is 5.69 Å². The van der Waals surface area contributed by atoms with E-state index < -0.39 is 4.92 Å². The monoisotopic (exact) mass is 284 g/mol. The number of fused-ring (bicyclic) bond motifs is 1. The standard InChI is InChI=1S/C13H12N6O2/c1-8-11-12(14-7-15-13(11)18(2)17-8)16-9-4-3-5-10(6-9)19(20)21/h3-7H,1-2H3,(H,14,15,16). The molecular weight excluding hydrogens is 272 g/mol. The third kappa shape index (κ3) is 2.27. The van der Waals surface area contributed by atoms with E-state index in [1.54, 1.807) is 23.9 Å². The van der Waals surface area contributed by atoms with Crippen molar-refractivity contribution in [1.29, 1.82) is 0 Å². The van der Waals surface area contributed by atoms with E-state index in [9.17, 15) is 10.1 Å². The molecule has 0 unspecified atom stereocenters. The van der Waals surface area contributed by atoms with Gasteiger partial charge in [-0.05, 0) is 13.0 Å². The molecule has 8 nitrogen and oxygen atoms in total. The summed E-state index contributed by atoms with van der Waals surface area (Å²) in [7, 11) is 1.81. The Bertz CT molecular complexity index is 842. The molecule has 3 aromatic rings. The first-order chi connectivity index (χ1) is 10.1. The number of hydrogen-bond donors (Lipinski definition) is 1. The predicted molar refractivity (Wildman–Crippen MR) is 77.4 cm³/mol. The molecule has 8 heteroatoms. The van der Waals surface area contributed by atoms with E-state index >= 15 is 0 Å². The summed E-state index contributed by atoms with van der Waals surface area (Å²) < 4.78 is 1.67. The number of nitrogens with one attached hydrogen (secondary N) is 1. The zero-order valence-corrected chi connectivity index (χ0v) is 11.4. The van der Waals surface area contributed by atoms with Crippen molar-refractivity contribution >= 4 is 28.2 Å². The quantitative estimate of drug-likeness (QED) is 0.585. The Morgan fingerprint density at radius 1 is 1.33 bits per heavy atom. The Labute approximate surface area is 119 Å².